The van der Waals surface area contributed by atoms with Crippen LogP contribution in [0.5, 0.6) is 0 Å². The summed E-state index contributed by atoms with van der Waals surface area (Å²) in [5.41, 5.74) is -0.143. The average Bonchev–Trinajstić information content (AvgIpc) is 2.82. The average molecular weight is 247 g/mol. The number of hydrogen-bond acceptors (Lipinski definition) is 3. The van der Waals surface area contributed by atoms with Crippen LogP contribution in [0.3, 0.4) is 0 Å². The number of nitrogens with zero attached hydrogens (tertiary/aromatic N) is 1. The molecule has 0 saturated heterocycles. The molecule has 0 aliphatic rings. The fourth-order valence-corrected chi connectivity index (χ4v) is 1.82. The number of aromatic carboxylic acids is 1. The second-order valence-corrected chi connectivity index (χ2v) is 4.08. The maximum Gasteiger partial charge on any atom is 0.341 e. The summed E-state index contributed by atoms with van der Waals surface area (Å²) < 4.78 is 6.76. The summed E-state index contributed by atoms with van der Waals surface area (Å²) in [5.74, 6) is -0.423. The lowest BCUT2D eigenvalue weighted by molar-refractivity contribution is 0.0694. The number of rotatable bonds is 4. The number of furan rings is 1. The molecule has 94 valence electrons. The number of aromatic nitrogens is 1. The van der Waals surface area contributed by atoms with Crippen molar-refractivity contribution >= 4 is 5.97 Å². The van der Waals surface area contributed by atoms with Gasteiger partial charge in [-0.25, -0.2) is 4.79 Å². The van der Waals surface area contributed by atoms with E-state index in [1.165, 1.54) is 6.20 Å². The van der Waals surface area contributed by atoms with Gasteiger partial charge in [0.1, 0.15) is 11.3 Å². The SMILES string of the molecule is Cn1cc(CCc2ccco2)c(=O)c(C(=O)O)c1. The molecule has 0 spiro atoms. The fraction of sp³-hybridized carbons (Fsp3) is 0.231. The van der Waals surface area contributed by atoms with Gasteiger partial charge in [-0.2, -0.15) is 0 Å². The first-order chi connectivity index (χ1) is 8.58. The highest BCUT2D eigenvalue weighted by molar-refractivity contribution is 5.87. The van der Waals surface area contributed by atoms with Crippen molar-refractivity contribution in [3.05, 3.63) is 57.9 Å². The summed E-state index contributed by atoms with van der Waals surface area (Å²) in [7, 11) is 1.70. The molecule has 1 N–H and O–H groups in total. The largest absolute Gasteiger partial charge is 0.477 e. The van der Waals surface area contributed by atoms with Gasteiger partial charge in [0.2, 0.25) is 0 Å². The van der Waals surface area contributed by atoms with Gasteiger partial charge in [0.05, 0.1) is 6.26 Å². The molecule has 0 radical (unpaired) electrons. The Bertz CT molecular complexity index is 610. The monoisotopic (exact) mass is 247 g/mol. The quantitative estimate of drug-likeness (QED) is 0.887. The molecule has 2 aromatic rings. The van der Waals surface area contributed by atoms with Gasteiger partial charge in [0.25, 0.3) is 0 Å². The highest BCUT2D eigenvalue weighted by Crippen LogP contribution is 2.06. The van der Waals surface area contributed by atoms with Crippen molar-refractivity contribution in [2.24, 2.45) is 7.05 Å². The number of carboxylic acids is 1. The fourth-order valence-electron chi connectivity index (χ4n) is 1.82. The number of pyridine rings is 1. The van der Waals surface area contributed by atoms with Crippen LogP contribution in [0.25, 0.3) is 0 Å². The molecule has 0 fully saturated rings. The minimum atomic E-state index is -1.20. The molecule has 2 rings (SSSR count). The van der Waals surface area contributed by atoms with Gasteiger partial charge in [-0.3, -0.25) is 4.79 Å². The van der Waals surface area contributed by atoms with E-state index in [1.54, 1.807) is 30.1 Å². The zero-order valence-corrected chi connectivity index (χ0v) is 9.92. The van der Waals surface area contributed by atoms with Crippen molar-refractivity contribution in [3.8, 4) is 0 Å². The van der Waals surface area contributed by atoms with E-state index >= 15 is 0 Å². The molecule has 0 aliphatic heterocycles. The Morgan fingerprint density at radius 3 is 2.78 bits per heavy atom. The lowest BCUT2D eigenvalue weighted by Gasteiger charge is -2.05. The zero-order valence-electron chi connectivity index (χ0n) is 9.92. The van der Waals surface area contributed by atoms with Crippen molar-refractivity contribution in [2.75, 3.05) is 0 Å². The standard InChI is InChI=1S/C13H13NO4/c1-14-7-9(4-5-10-3-2-6-18-10)12(15)11(8-14)13(16)17/h2-3,6-8H,4-5H2,1H3,(H,16,17). The van der Waals surface area contributed by atoms with Gasteiger partial charge in [-0.05, 0) is 18.6 Å². The van der Waals surface area contributed by atoms with Crippen molar-refractivity contribution < 1.29 is 14.3 Å². The van der Waals surface area contributed by atoms with Gasteiger partial charge in [0.15, 0.2) is 5.43 Å². The van der Waals surface area contributed by atoms with Gasteiger partial charge >= 0.3 is 5.97 Å². The van der Waals surface area contributed by atoms with Crippen LogP contribution in [0.15, 0.2) is 40.0 Å². The first-order valence-corrected chi connectivity index (χ1v) is 5.53. The van der Waals surface area contributed by atoms with Crippen LogP contribution in [-0.2, 0) is 19.9 Å². The second kappa shape index (κ2) is 4.91. The van der Waals surface area contributed by atoms with Crippen LogP contribution in [0.4, 0.5) is 0 Å². The minimum Gasteiger partial charge on any atom is -0.477 e. The van der Waals surface area contributed by atoms with Crippen LogP contribution < -0.4 is 5.43 Å². The van der Waals surface area contributed by atoms with E-state index in [-0.39, 0.29) is 5.56 Å². The molecule has 0 aliphatic carbocycles. The van der Waals surface area contributed by atoms with Crippen LogP contribution >= 0.6 is 0 Å². The first-order valence-electron chi connectivity index (χ1n) is 5.53. The molecule has 0 saturated carbocycles. The highest BCUT2D eigenvalue weighted by atomic mass is 16.4. The Balaban J connectivity index is 2.27. The molecule has 5 nitrogen and oxygen atoms in total. The molecule has 2 heterocycles. The Hall–Kier alpha value is -2.30. The van der Waals surface area contributed by atoms with Gasteiger partial charge < -0.3 is 14.1 Å². The molecule has 0 unspecified atom stereocenters. The lowest BCUT2D eigenvalue weighted by atomic mass is 10.1. The summed E-state index contributed by atoms with van der Waals surface area (Å²) in [6.45, 7) is 0. The Kier molecular flexibility index (Phi) is 3.32. The Morgan fingerprint density at radius 1 is 1.39 bits per heavy atom. The number of hydrogen-bond donors (Lipinski definition) is 1. The van der Waals surface area contributed by atoms with Gasteiger partial charge in [-0.1, -0.05) is 0 Å². The maximum atomic E-state index is 11.9. The molecular weight excluding hydrogens is 234 g/mol. The van der Waals surface area contributed by atoms with Gasteiger partial charge in [-0.15, -0.1) is 0 Å². The smallest absolute Gasteiger partial charge is 0.341 e. The summed E-state index contributed by atoms with van der Waals surface area (Å²) in [6.07, 6.45) is 5.58. The van der Waals surface area contributed by atoms with Crippen molar-refractivity contribution in [2.45, 2.75) is 12.8 Å². The normalized spacial score (nSPS) is 10.5. The molecule has 0 amide bonds. The summed E-state index contributed by atoms with van der Waals surface area (Å²) >= 11 is 0. The van der Waals surface area contributed by atoms with Crippen LogP contribution in [0.2, 0.25) is 0 Å². The Morgan fingerprint density at radius 2 is 2.17 bits per heavy atom. The molecule has 0 bridgehead atoms. The first kappa shape index (κ1) is 12.2. The van der Waals surface area contributed by atoms with E-state index in [0.717, 1.165) is 5.76 Å². The van der Waals surface area contributed by atoms with Crippen LogP contribution in [0.1, 0.15) is 21.7 Å². The predicted octanol–water partition coefficient (Wildman–Crippen LogP) is 1.46. The van der Waals surface area contributed by atoms with E-state index in [2.05, 4.69) is 0 Å². The van der Waals surface area contributed by atoms with Crippen molar-refractivity contribution in [3.63, 3.8) is 0 Å². The van der Waals surface area contributed by atoms with E-state index in [4.69, 9.17) is 9.52 Å². The van der Waals surface area contributed by atoms with Crippen LogP contribution in [-0.4, -0.2) is 15.6 Å². The van der Waals surface area contributed by atoms with Crippen molar-refractivity contribution in [1.82, 2.24) is 4.57 Å². The number of aryl methyl sites for hydroxylation is 3. The zero-order chi connectivity index (χ0) is 13.1. The topological polar surface area (TPSA) is 72.4 Å². The highest BCUT2D eigenvalue weighted by Gasteiger charge is 2.13. The summed E-state index contributed by atoms with van der Waals surface area (Å²) in [6, 6.07) is 3.60. The summed E-state index contributed by atoms with van der Waals surface area (Å²) in [4.78, 5) is 22.8. The minimum absolute atomic E-state index is 0.200. The predicted molar refractivity (Wildman–Crippen MR) is 64.8 cm³/mol. The van der Waals surface area contributed by atoms with Crippen LogP contribution in [0, 0.1) is 0 Å². The molecule has 5 heteroatoms. The molecule has 0 atom stereocenters. The number of carboxylic acid groups (broad SMARTS) is 1. The molecule has 0 aromatic carbocycles. The van der Waals surface area contributed by atoms with E-state index < -0.39 is 11.4 Å². The maximum absolute atomic E-state index is 11.9. The lowest BCUT2D eigenvalue weighted by Crippen LogP contribution is -2.21. The molecular formula is C13H13NO4. The molecule has 2 aromatic heterocycles. The third kappa shape index (κ3) is 2.51. The number of carbonyl (C=O) groups is 1. The third-order valence-corrected chi connectivity index (χ3v) is 2.68. The van der Waals surface area contributed by atoms with Crippen molar-refractivity contribution in [1.29, 1.82) is 0 Å². The summed E-state index contributed by atoms with van der Waals surface area (Å²) in [5, 5.41) is 8.93. The van der Waals surface area contributed by atoms with E-state index in [0.29, 0.717) is 18.4 Å². The third-order valence-electron chi connectivity index (χ3n) is 2.68. The second-order valence-electron chi connectivity index (χ2n) is 4.08. The van der Waals surface area contributed by atoms with E-state index in [9.17, 15) is 9.59 Å². The molecule has 18 heavy (non-hydrogen) atoms. The van der Waals surface area contributed by atoms with E-state index in [1.807, 2.05) is 6.07 Å². The van der Waals surface area contributed by atoms with Gasteiger partial charge in [0, 0.05) is 31.4 Å². The Labute approximate surface area is 103 Å².